The summed E-state index contributed by atoms with van der Waals surface area (Å²) >= 11 is 2.41. The van der Waals surface area contributed by atoms with Gasteiger partial charge in [-0.2, -0.15) is 0 Å². The van der Waals surface area contributed by atoms with Crippen molar-refractivity contribution in [2.45, 2.75) is 17.0 Å². The molecular weight excluding hydrogens is 476 g/mol. The highest BCUT2D eigenvalue weighted by Gasteiger charge is 2.21. The first-order valence-corrected chi connectivity index (χ1v) is 11.9. The maximum absolute atomic E-state index is 13.4. The molecule has 1 aromatic carbocycles. The van der Waals surface area contributed by atoms with E-state index in [1.807, 2.05) is 0 Å². The van der Waals surface area contributed by atoms with E-state index in [-0.39, 0.29) is 30.0 Å². The van der Waals surface area contributed by atoms with E-state index in [0.717, 1.165) is 6.07 Å². The van der Waals surface area contributed by atoms with Crippen LogP contribution < -0.4 is 16.4 Å². The van der Waals surface area contributed by atoms with Crippen molar-refractivity contribution in [1.82, 2.24) is 20.5 Å². The Hall–Kier alpha value is -2.61. The normalized spacial score (nSPS) is 16.4. The number of hydrogen-bond acceptors (Lipinski definition) is 8. The Morgan fingerprint density at radius 3 is 2.85 bits per heavy atom. The quantitative estimate of drug-likeness (QED) is 0.412. The van der Waals surface area contributed by atoms with Gasteiger partial charge in [0.1, 0.15) is 5.69 Å². The summed E-state index contributed by atoms with van der Waals surface area (Å²) in [6.07, 6.45) is -0.224. The number of hydrogen-bond donors (Lipinski definition) is 3. The van der Waals surface area contributed by atoms with Crippen molar-refractivity contribution in [2.75, 3.05) is 38.5 Å². The van der Waals surface area contributed by atoms with E-state index in [2.05, 4.69) is 20.5 Å². The zero-order valence-electron chi connectivity index (χ0n) is 17.5. The van der Waals surface area contributed by atoms with Crippen LogP contribution in [0.25, 0.3) is 0 Å². The molecule has 0 saturated carbocycles. The van der Waals surface area contributed by atoms with E-state index < -0.39 is 23.4 Å². The number of thioether (sulfide) groups is 1. The summed E-state index contributed by atoms with van der Waals surface area (Å²) in [6.45, 7) is 2.16. The molecule has 178 valence electrons. The van der Waals surface area contributed by atoms with Crippen molar-refractivity contribution in [3.05, 3.63) is 46.5 Å². The second kappa shape index (κ2) is 12.0. The third-order valence-corrected chi connectivity index (χ3v) is 6.63. The number of nitrogens with two attached hydrogens (primary N) is 1. The van der Waals surface area contributed by atoms with Gasteiger partial charge in [-0.05, 0) is 17.7 Å². The third-order valence-electron chi connectivity index (χ3n) is 4.61. The molecule has 1 atom stereocenters. The Kier molecular flexibility index (Phi) is 9.11. The fourth-order valence-electron chi connectivity index (χ4n) is 3.04. The van der Waals surface area contributed by atoms with Crippen LogP contribution in [0, 0.1) is 11.6 Å². The first kappa shape index (κ1) is 25.0. The van der Waals surface area contributed by atoms with Gasteiger partial charge in [-0.1, -0.05) is 17.8 Å². The molecule has 1 saturated heterocycles. The second-order valence-electron chi connectivity index (χ2n) is 7.22. The Labute approximate surface area is 197 Å². The summed E-state index contributed by atoms with van der Waals surface area (Å²) in [7, 11) is 0. The zero-order chi connectivity index (χ0) is 23.8. The van der Waals surface area contributed by atoms with Crippen LogP contribution in [0.3, 0.4) is 0 Å². The zero-order valence-corrected chi connectivity index (χ0v) is 19.1. The molecule has 9 nitrogen and oxygen atoms in total. The van der Waals surface area contributed by atoms with Crippen LogP contribution >= 0.6 is 23.1 Å². The number of aromatic nitrogens is 1. The van der Waals surface area contributed by atoms with Crippen molar-refractivity contribution in [1.29, 1.82) is 0 Å². The topological polar surface area (TPSA) is 127 Å². The Morgan fingerprint density at radius 2 is 2.09 bits per heavy atom. The van der Waals surface area contributed by atoms with Gasteiger partial charge in [0.25, 0.3) is 5.91 Å². The number of carbonyl (C=O) groups excluding carboxylic acids is 3. The largest absolute Gasteiger partial charge is 0.374 e. The van der Waals surface area contributed by atoms with Gasteiger partial charge in [-0.3, -0.25) is 19.3 Å². The number of ether oxygens (including phenoxy) is 1. The number of primary amides is 1. The van der Waals surface area contributed by atoms with Gasteiger partial charge in [0.05, 0.1) is 25.0 Å². The summed E-state index contributed by atoms with van der Waals surface area (Å²) in [5.41, 5.74) is 5.80. The van der Waals surface area contributed by atoms with Crippen LogP contribution in [0.4, 0.5) is 8.78 Å². The number of thiazole rings is 1. The molecule has 0 unspecified atom stereocenters. The molecule has 2 heterocycles. The molecule has 1 fully saturated rings. The number of benzene rings is 1. The van der Waals surface area contributed by atoms with Crippen molar-refractivity contribution in [3.63, 3.8) is 0 Å². The fraction of sp³-hybridized carbons (Fsp3) is 0.400. The number of halogens is 2. The third kappa shape index (κ3) is 8.03. The molecule has 1 aromatic heterocycles. The first-order valence-electron chi connectivity index (χ1n) is 9.99. The smallest absolute Gasteiger partial charge is 0.271 e. The molecule has 1 aliphatic rings. The lowest BCUT2D eigenvalue weighted by Gasteiger charge is -2.33. The predicted octanol–water partition coefficient (Wildman–Crippen LogP) is 0.746. The summed E-state index contributed by atoms with van der Waals surface area (Å²) in [5.74, 6) is -3.01. The first-order chi connectivity index (χ1) is 15.8. The number of nitrogens with one attached hydrogen (secondary N) is 2. The highest BCUT2D eigenvalue weighted by Crippen LogP contribution is 2.22. The lowest BCUT2D eigenvalue weighted by Crippen LogP contribution is -2.47. The van der Waals surface area contributed by atoms with Crippen molar-refractivity contribution < 1.29 is 27.9 Å². The number of amides is 3. The Bertz CT molecular complexity index is 1010. The maximum Gasteiger partial charge on any atom is 0.271 e. The van der Waals surface area contributed by atoms with E-state index in [9.17, 15) is 23.2 Å². The molecule has 0 bridgehead atoms. The summed E-state index contributed by atoms with van der Waals surface area (Å²) in [4.78, 5) is 40.9. The van der Waals surface area contributed by atoms with Crippen LogP contribution in [0.15, 0.2) is 27.9 Å². The molecule has 0 spiro atoms. The van der Waals surface area contributed by atoms with Crippen LogP contribution in [-0.2, 0) is 20.9 Å². The van der Waals surface area contributed by atoms with Gasteiger partial charge in [0.2, 0.25) is 11.8 Å². The van der Waals surface area contributed by atoms with E-state index in [1.165, 1.54) is 34.5 Å². The number of morpholine rings is 1. The van der Waals surface area contributed by atoms with Crippen LogP contribution in [-0.4, -0.2) is 72.2 Å². The number of carbonyl (C=O) groups is 3. The fourth-order valence-corrected chi connectivity index (χ4v) is 4.67. The molecule has 13 heteroatoms. The number of nitrogens with zero attached hydrogens (tertiary/aromatic N) is 2. The standard InChI is InChI=1S/C20H23F2N5O4S2/c21-14-2-1-12(5-15(14)22)8-27-3-4-31-13(9-27)6-24-18(29)11-33-20-26-16(10-32-20)19(30)25-7-17(23)28/h1-2,5,10,13H,3-4,6-9,11H2,(H2,23,28)(H,24,29)(H,25,30)/t13-/m0/s1. The van der Waals surface area contributed by atoms with Gasteiger partial charge in [0, 0.05) is 31.6 Å². The van der Waals surface area contributed by atoms with Crippen LogP contribution in [0.5, 0.6) is 0 Å². The minimum atomic E-state index is -0.875. The summed E-state index contributed by atoms with van der Waals surface area (Å²) < 4.78 is 32.7. The molecule has 1 aliphatic heterocycles. The molecule has 3 amide bonds. The molecule has 3 rings (SSSR count). The van der Waals surface area contributed by atoms with Gasteiger partial charge >= 0.3 is 0 Å². The van der Waals surface area contributed by atoms with E-state index in [4.69, 9.17) is 10.5 Å². The van der Waals surface area contributed by atoms with E-state index >= 15 is 0 Å². The lowest BCUT2D eigenvalue weighted by molar-refractivity contribution is -0.120. The van der Waals surface area contributed by atoms with Crippen LogP contribution in [0.1, 0.15) is 16.1 Å². The van der Waals surface area contributed by atoms with Crippen molar-refractivity contribution >= 4 is 40.8 Å². The van der Waals surface area contributed by atoms with E-state index in [0.29, 0.717) is 42.7 Å². The highest BCUT2D eigenvalue weighted by molar-refractivity contribution is 8.01. The number of rotatable bonds is 10. The van der Waals surface area contributed by atoms with E-state index in [1.54, 1.807) is 6.07 Å². The SMILES string of the molecule is NC(=O)CNC(=O)c1csc(SCC(=O)NC[C@H]2CN(Cc3ccc(F)c(F)c3)CCO2)n1. The average Bonchev–Trinajstić information content (AvgIpc) is 3.26. The van der Waals surface area contributed by atoms with Gasteiger partial charge < -0.3 is 21.1 Å². The molecular formula is C20H23F2N5O4S2. The summed E-state index contributed by atoms with van der Waals surface area (Å²) in [5, 5.41) is 6.69. The maximum atomic E-state index is 13.4. The van der Waals surface area contributed by atoms with Crippen LogP contribution in [0.2, 0.25) is 0 Å². The Morgan fingerprint density at radius 1 is 1.27 bits per heavy atom. The minimum absolute atomic E-state index is 0.112. The highest BCUT2D eigenvalue weighted by atomic mass is 32.2. The lowest BCUT2D eigenvalue weighted by atomic mass is 10.1. The Balaban J connectivity index is 1.38. The average molecular weight is 500 g/mol. The van der Waals surface area contributed by atoms with Crippen molar-refractivity contribution in [2.24, 2.45) is 5.73 Å². The van der Waals surface area contributed by atoms with Gasteiger partial charge in [-0.15, -0.1) is 11.3 Å². The van der Waals surface area contributed by atoms with Crippen molar-refractivity contribution in [3.8, 4) is 0 Å². The monoisotopic (exact) mass is 499 g/mol. The van der Waals surface area contributed by atoms with Gasteiger partial charge in [-0.25, -0.2) is 13.8 Å². The molecule has 33 heavy (non-hydrogen) atoms. The minimum Gasteiger partial charge on any atom is -0.374 e. The predicted molar refractivity (Wildman–Crippen MR) is 119 cm³/mol. The molecule has 0 aliphatic carbocycles. The molecule has 2 aromatic rings. The molecule has 4 N–H and O–H groups in total. The summed E-state index contributed by atoms with van der Waals surface area (Å²) in [6, 6.07) is 3.84. The molecule has 0 radical (unpaired) electrons. The second-order valence-corrected chi connectivity index (χ2v) is 9.30. The van der Waals surface area contributed by atoms with Gasteiger partial charge in [0.15, 0.2) is 16.0 Å².